The summed E-state index contributed by atoms with van der Waals surface area (Å²) in [6, 6.07) is -1.09. The molecule has 2 unspecified atom stereocenters. The fourth-order valence-electron chi connectivity index (χ4n) is 2.70. The summed E-state index contributed by atoms with van der Waals surface area (Å²) in [4.78, 5) is 24.0. The van der Waals surface area contributed by atoms with Gasteiger partial charge in [0.25, 0.3) is 0 Å². The van der Waals surface area contributed by atoms with E-state index in [1.165, 1.54) is 0 Å². The monoisotopic (exact) mass is 315 g/mol. The van der Waals surface area contributed by atoms with Crippen molar-refractivity contribution >= 4 is 12.1 Å². The summed E-state index contributed by atoms with van der Waals surface area (Å²) in [6.45, 7) is 7.11. The van der Waals surface area contributed by atoms with E-state index in [1.54, 1.807) is 27.7 Å². The minimum Gasteiger partial charge on any atom is -0.464 e. The summed E-state index contributed by atoms with van der Waals surface area (Å²) in [6.07, 6.45) is 3.24. The molecule has 0 spiro atoms. The zero-order valence-electron chi connectivity index (χ0n) is 14.1. The van der Waals surface area contributed by atoms with Gasteiger partial charge in [0.2, 0.25) is 0 Å². The molecule has 1 fully saturated rings. The van der Waals surface area contributed by atoms with Crippen LogP contribution in [0, 0.1) is 5.92 Å². The minimum absolute atomic E-state index is 0.00177. The van der Waals surface area contributed by atoms with Crippen LogP contribution >= 0.6 is 0 Å². The predicted octanol–water partition coefficient (Wildman–Crippen LogP) is 2.38. The zero-order chi connectivity index (χ0) is 16.8. The number of hydrogen-bond acceptors (Lipinski definition) is 5. The van der Waals surface area contributed by atoms with Crippen LogP contribution < -0.4 is 5.32 Å². The van der Waals surface area contributed by atoms with E-state index in [-0.39, 0.29) is 12.5 Å². The van der Waals surface area contributed by atoms with Gasteiger partial charge in [0.1, 0.15) is 5.60 Å². The number of nitrogens with one attached hydrogen (secondary N) is 1. The van der Waals surface area contributed by atoms with E-state index >= 15 is 0 Å². The van der Waals surface area contributed by atoms with Gasteiger partial charge in [0.15, 0.2) is 6.04 Å². The first kappa shape index (κ1) is 18.7. The maximum absolute atomic E-state index is 12.1. The molecule has 0 aromatic rings. The summed E-state index contributed by atoms with van der Waals surface area (Å²) in [5.74, 6) is -0.621. The molecule has 1 aliphatic carbocycles. The normalized spacial score (nSPS) is 19.1. The Morgan fingerprint density at radius 1 is 1.23 bits per heavy atom. The lowest BCUT2D eigenvalue weighted by Gasteiger charge is -2.32. The number of aliphatic hydroxyl groups excluding tert-OH is 1. The highest BCUT2D eigenvalue weighted by atomic mass is 16.6. The van der Waals surface area contributed by atoms with Crippen molar-refractivity contribution in [1.82, 2.24) is 5.32 Å². The van der Waals surface area contributed by atoms with E-state index in [4.69, 9.17) is 9.47 Å². The highest BCUT2D eigenvalue weighted by Crippen LogP contribution is 2.28. The first-order valence-electron chi connectivity index (χ1n) is 8.09. The number of hydrogen-bond donors (Lipinski definition) is 2. The van der Waals surface area contributed by atoms with Crippen molar-refractivity contribution in [3.05, 3.63) is 0 Å². The van der Waals surface area contributed by atoms with Crippen LogP contribution in [0.15, 0.2) is 0 Å². The van der Waals surface area contributed by atoms with Gasteiger partial charge in [-0.05, 0) is 46.5 Å². The molecule has 0 radical (unpaired) electrons. The Hall–Kier alpha value is -1.30. The van der Waals surface area contributed by atoms with Gasteiger partial charge in [-0.1, -0.05) is 19.3 Å². The lowest BCUT2D eigenvalue weighted by molar-refractivity contribution is -0.150. The molecular formula is C16H29NO5. The molecule has 0 bridgehead atoms. The quantitative estimate of drug-likeness (QED) is 0.761. The van der Waals surface area contributed by atoms with Gasteiger partial charge in [-0.3, -0.25) is 0 Å². The smallest absolute Gasteiger partial charge is 0.408 e. The van der Waals surface area contributed by atoms with Gasteiger partial charge >= 0.3 is 12.1 Å². The average molecular weight is 315 g/mol. The predicted molar refractivity (Wildman–Crippen MR) is 82.4 cm³/mol. The molecule has 1 amide bonds. The topological polar surface area (TPSA) is 84.9 Å². The molecule has 6 heteroatoms. The van der Waals surface area contributed by atoms with Crippen molar-refractivity contribution in [3.63, 3.8) is 0 Å². The van der Waals surface area contributed by atoms with Crippen molar-refractivity contribution in [2.24, 2.45) is 5.92 Å². The van der Waals surface area contributed by atoms with E-state index in [0.717, 1.165) is 32.1 Å². The number of aliphatic hydroxyl groups is 1. The van der Waals surface area contributed by atoms with Crippen molar-refractivity contribution in [2.45, 2.75) is 77.5 Å². The Morgan fingerprint density at radius 3 is 2.32 bits per heavy atom. The number of rotatable bonds is 5. The Kier molecular flexibility index (Phi) is 7.13. The second-order valence-corrected chi connectivity index (χ2v) is 6.76. The summed E-state index contributed by atoms with van der Waals surface area (Å²) in [7, 11) is 0. The third kappa shape index (κ3) is 6.22. The van der Waals surface area contributed by atoms with Crippen LogP contribution in [0.3, 0.4) is 0 Å². The van der Waals surface area contributed by atoms with E-state index in [2.05, 4.69) is 5.32 Å². The molecule has 22 heavy (non-hydrogen) atoms. The van der Waals surface area contributed by atoms with E-state index in [1.807, 2.05) is 0 Å². The molecule has 1 saturated carbocycles. The number of amides is 1. The molecule has 0 aromatic heterocycles. The van der Waals surface area contributed by atoms with Crippen LogP contribution in [0.1, 0.15) is 59.8 Å². The minimum atomic E-state index is -1.09. The molecular weight excluding hydrogens is 286 g/mol. The van der Waals surface area contributed by atoms with E-state index < -0.39 is 29.8 Å². The van der Waals surface area contributed by atoms with E-state index in [9.17, 15) is 14.7 Å². The molecule has 0 saturated heterocycles. The van der Waals surface area contributed by atoms with Crippen LogP contribution in [-0.4, -0.2) is 41.5 Å². The largest absolute Gasteiger partial charge is 0.464 e. The molecule has 1 rings (SSSR count). The summed E-state index contributed by atoms with van der Waals surface area (Å²) in [5.41, 5.74) is -0.668. The zero-order valence-corrected chi connectivity index (χ0v) is 14.1. The van der Waals surface area contributed by atoms with Crippen molar-refractivity contribution in [1.29, 1.82) is 0 Å². The van der Waals surface area contributed by atoms with Crippen molar-refractivity contribution < 1.29 is 24.2 Å². The summed E-state index contributed by atoms with van der Waals surface area (Å²) in [5, 5.41) is 13.0. The summed E-state index contributed by atoms with van der Waals surface area (Å²) >= 11 is 0. The third-order valence-corrected chi connectivity index (χ3v) is 3.69. The fraction of sp³-hybridized carbons (Fsp3) is 0.875. The van der Waals surface area contributed by atoms with Crippen LogP contribution in [-0.2, 0) is 14.3 Å². The number of ether oxygens (including phenoxy) is 2. The van der Waals surface area contributed by atoms with Crippen molar-refractivity contribution in [3.8, 4) is 0 Å². The number of carbonyl (C=O) groups excluding carboxylic acids is 2. The first-order chi connectivity index (χ1) is 10.2. The van der Waals surface area contributed by atoms with Gasteiger partial charge in [0.05, 0.1) is 12.7 Å². The Labute approximate surface area is 132 Å². The highest BCUT2D eigenvalue weighted by molar-refractivity contribution is 5.82. The number of esters is 1. The highest BCUT2D eigenvalue weighted by Gasteiger charge is 2.36. The van der Waals surface area contributed by atoms with E-state index in [0.29, 0.717) is 0 Å². The standard InChI is InChI=1S/C16H29NO5/c1-5-21-14(19)12(17-15(20)22-16(2,3)4)13(18)11-9-7-6-8-10-11/h11-13,18H,5-10H2,1-4H3,(H,17,20). The summed E-state index contributed by atoms with van der Waals surface area (Å²) < 4.78 is 10.1. The second-order valence-electron chi connectivity index (χ2n) is 6.76. The van der Waals surface area contributed by atoms with Crippen LogP contribution in [0.5, 0.6) is 0 Å². The Bertz CT molecular complexity index is 371. The maximum Gasteiger partial charge on any atom is 0.408 e. The molecule has 2 N–H and O–H groups in total. The fourth-order valence-corrected chi connectivity index (χ4v) is 2.70. The molecule has 6 nitrogen and oxygen atoms in total. The average Bonchev–Trinajstić information content (AvgIpc) is 2.43. The molecule has 2 atom stereocenters. The molecule has 1 aliphatic rings. The van der Waals surface area contributed by atoms with Gasteiger partial charge < -0.3 is 19.9 Å². The van der Waals surface area contributed by atoms with Crippen LogP contribution in [0.2, 0.25) is 0 Å². The molecule has 0 aliphatic heterocycles. The maximum atomic E-state index is 12.1. The Balaban J connectivity index is 2.74. The Morgan fingerprint density at radius 2 is 1.82 bits per heavy atom. The SMILES string of the molecule is CCOC(=O)C(NC(=O)OC(C)(C)C)C(O)C1CCCCC1. The second kappa shape index (κ2) is 8.36. The van der Waals surface area contributed by atoms with Gasteiger partial charge in [-0.15, -0.1) is 0 Å². The number of alkyl carbamates (subject to hydrolysis) is 1. The van der Waals surface area contributed by atoms with Crippen LogP contribution in [0.4, 0.5) is 4.79 Å². The lowest BCUT2D eigenvalue weighted by atomic mass is 9.82. The molecule has 0 aromatic carbocycles. The van der Waals surface area contributed by atoms with Crippen LogP contribution in [0.25, 0.3) is 0 Å². The third-order valence-electron chi connectivity index (χ3n) is 3.69. The first-order valence-corrected chi connectivity index (χ1v) is 8.09. The van der Waals surface area contributed by atoms with Crippen molar-refractivity contribution in [2.75, 3.05) is 6.61 Å². The molecule has 128 valence electrons. The van der Waals surface area contributed by atoms with Gasteiger partial charge in [-0.2, -0.15) is 0 Å². The molecule has 0 heterocycles. The lowest BCUT2D eigenvalue weighted by Crippen LogP contribution is -2.53. The van der Waals surface area contributed by atoms with Gasteiger partial charge in [0, 0.05) is 0 Å². The van der Waals surface area contributed by atoms with Gasteiger partial charge in [-0.25, -0.2) is 9.59 Å². The number of carbonyl (C=O) groups is 2.